The predicted molar refractivity (Wildman–Crippen MR) is 64.8 cm³/mol. The van der Waals surface area contributed by atoms with Crippen molar-refractivity contribution in [3.8, 4) is 11.5 Å². The molecule has 3 nitrogen and oxygen atoms in total. The van der Waals surface area contributed by atoms with Crippen LogP contribution in [0.25, 0.3) is 0 Å². The van der Waals surface area contributed by atoms with Gasteiger partial charge >= 0.3 is 0 Å². The van der Waals surface area contributed by atoms with Gasteiger partial charge in [-0.2, -0.15) is 0 Å². The maximum Gasteiger partial charge on any atom is 0.171 e. The van der Waals surface area contributed by atoms with E-state index in [1.165, 1.54) is 0 Å². The SMILES string of the molecule is COc1cc(CCCN)cc(I)c1O. The molecule has 0 amide bonds. The maximum atomic E-state index is 9.59. The maximum absolute atomic E-state index is 9.59. The van der Waals surface area contributed by atoms with E-state index in [9.17, 15) is 5.11 Å². The second-order valence-corrected chi connectivity index (χ2v) is 4.18. The molecule has 0 fully saturated rings. The van der Waals surface area contributed by atoms with E-state index in [0.29, 0.717) is 12.3 Å². The Bertz CT molecular complexity index is 315. The molecule has 0 heterocycles. The summed E-state index contributed by atoms with van der Waals surface area (Å²) < 4.78 is 5.87. The molecule has 0 unspecified atom stereocenters. The number of methoxy groups -OCH3 is 1. The minimum Gasteiger partial charge on any atom is -0.504 e. The Morgan fingerprint density at radius 1 is 1.50 bits per heavy atom. The lowest BCUT2D eigenvalue weighted by Crippen LogP contribution is -2.00. The van der Waals surface area contributed by atoms with Crippen molar-refractivity contribution in [2.75, 3.05) is 13.7 Å². The molecule has 14 heavy (non-hydrogen) atoms. The molecule has 1 aromatic rings. The Balaban J connectivity index is 2.91. The molecule has 78 valence electrons. The van der Waals surface area contributed by atoms with Gasteiger partial charge in [0.1, 0.15) is 0 Å². The third-order valence-electron chi connectivity index (χ3n) is 1.98. The highest BCUT2D eigenvalue weighted by Gasteiger charge is 2.07. The fraction of sp³-hybridized carbons (Fsp3) is 0.400. The average molecular weight is 307 g/mol. The number of benzene rings is 1. The Kier molecular flexibility index (Phi) is 4.47. The van der Waals surface area contributed by atoms with E-state index in [1.807, 2.05) is 12.1 Å². The molecule has 1 rings (SSSR count). The van der Waals surface area contributed by atoms with Crippen LogP contribution >= 0.6 is 22.6 Å². The number of rotatable bonds is 4. The molecule has 1 aromatic carbocycles. The van der Waals surface area contributed by atoms with E-state index >= 15 is 0 Å². The zero-order chi connectivity index (χ0) is 10.6. The van der Waals surface area contributed by atoms with Gasteiger partial charge in [0.05, 0.1) is 10.7 Å². The predicted octanol–water partition coefficient (Wildman–Crippen LogP) is 1.90. The molecule has 0 spiro atoms. The van der Waals surface area contributed by atoms with Crippen LogP contribution in [0.3, 0.4) is 0 Å². The van der Waals surface area contributed by atoms with Gasteiger partial charge in [-0.1, -0.05) is 0 Å². The molecule has 4 heteroatoms. The molecule has 0 saturated carbocycles. The zero-order valence-electron chi connectivity index (χ0n) is 8.09. The largest absolute Gasteiger partial charge is 0.504 e. The highest BCUT2D eigenvalue weighted by molar-refractivity contribution is 14.1. The number of halogens is 1. The van der Waals surface area contributed by atoms with Crippen molar-refractivity contribution >= 4 is 22.6 Å². The van der Waals surface area contributed by atoms with Crippen molar-refractivity contribution in [1.82, 2.24) is 0 Å². The summed E-state index contributed by atoms with van der Waals surface area (Å²) in [6, 6.07) is 3.81. The number of aryl methyl sites for hydroxylation is 1. The van der Waals surface area contributed by atoms with Crippen LogP contribution in [0, 0.1) is 3.57 Å². The van der Waals surface area contributed by atoms with E-state index in [0.717, 1.165) is 22.0 Å². The summed E-state index contributed by atoms with van der Waals surface area (Å²) in [4.78, 5) is 0. The van der Waals surface area contributed by atoms with Crippen LogP contribution in [0.1, 0.15) is 12.0 Å². The normalized spacial score (nSPS) is 10.2. The van der Waals surface area contributed by atoms with Crippen molar-refractivity contribution in [1.29, 1.82) is 0 Å². The highest BCUT2D eigenvalue weighted by atomic mass is 127. The van der Waals surface area contributed by atoms with Crippen LogP contribution in [0.2, 0.25) is 0 Å². The first-order chi connectivity index (χ1) is 6.69. The van der Waals surface area contributed by atoms with Gasteiger partial charge in [0, 0.05) is 0 Å². The average Bonchev–Trinajstić information content (AvgIpc) is 2.19. The number of phenols is 1. The first-order valence-electron chi connectivity index (χ1n) is 4.44. The van der Waals surface area contributed by atoms with E-state index in [-0.39, 0.29) is 5.75 Å². The van der Waals surface area contributed by atoms with Crippen molar-refractivity contribution in [2.45, 2.75) is 12.8 Å². The summed E-state index contributed by atoms with van der Waals surface area (Å²) in [6.07, 6.45) is 1.87. The van der Waals surface area contributed by atoms with Crippen molar-refractivity contribution in [3.63, 3.8) is 0 Å². The van der Waals surface area contributed by atoms with Gasteiger partial charge in [-0.15, -0.1) is 0 Å². The van der Waals surface area contributed by atoms with E-state index in [1.54, 1.807) is 7.11 Å². The fourth-order valence-corrected chi connectivity index (χ4v) is 1.90. The lowest BCUT2D eigenvalue weighted by molar-refractivity contribution is 0.371. The number of phenolic OH excluding ortho intramolecular Hbond substituents is 1. The van der Waals surface area contributed by atoms with Crippen LogP contribution in [0.15, 0.2) is 12.1 Å². The van der Waals surface area contributed by atoms with Gasteiger partial charge < -0.3 is 15.6 Å². The van der Waals surface area contributed by atoms with Gasteiger partial charge in [0.2, 0.25) is 0 Å². The fourth-order valence-electron chi connectivity index (χ4n) is 1.23. The second-order valence-electron chi connectivity index (χ2n) is 3.02. The minimum absolute atomic E-state index is 0.213. The third-order valence-corrected chi connectivity index (χ3v) is 2.80. The molecule has 0 radical (unpaired) electrons. The molecule has 0 atom stereocenters. The number of hydrogen-bond acceptors (Lipinski definition) is 3. The second kappa shape index (κ2) is 5.41. The summed E-state index contributed by atoms with van der Waals surface area (Å²) in [6.45, 7) is 0.680. The molecular weight excluding hydrogens is 293 g/mol. The van der Waals surface area contributed by atoms with Gasteiger partial charge in [0.15, 0.2) is 11.5 Å². The smallest absolute Gasteiger partial charge is 0.171 e. The first kappa shape index (κ1) is 11.6. The summed E-state index contributed by atoms with van der Waals surface area (Å²) in [5.74, 6) is 0.744. The first-order valence-corrected chi connectivity index (χ1v) is 5.52. The van der Waals surface area contributed by atoms with Gasteiger partial charge in [-0.25, -0.2) is 0 Å². The Morgan fingerprint density at radius 3 is 2.79 bits per heavy atom. The number of ether oxygens (including phenoxy) is 1. The van der Waals surface area contributed by atoms with Crippen molar-refractivity contribution < 1.29 is 9.84 Å². The monoisotopic (exact) mass is 307 g/mol. The third kappa shape index (κ3) is 2.75. The quantitative estimate of drug-likeness (QED) is 0.835. The Labute approximate surface area is 97.4 Å². The van der Waals surface area contributed by atoms with Crippen LogP contribution in [-0.4, -0.2) is 18.8 Å². The van der Waals surface area contributed by atoms with E-state index < -0.39 is 0 Å². The van der Waals surface area contributed by atoms with Crippen molar-refractivity contribution in [3.05, 3.63) is 21.3 Å². The van der Waals surface area contributed by atoms with E-state index in [2.05, 4.69) is 22.6 Å². The van der Waals surface area contributed by atoms with Crippen LogP contribution in [0.5, 0.6) is 11.5 Å². The molecule has 0 saturated heterocycles. The van der Waals surface area contributed by atoms with Gasteiger partial charge in [-0.3, -0.25) is 0 Å². The summed E-state index contributed by atoms with van der Waals surface area (Å²) in [5.41, 5.74) is 6.58. The topological polar surface area (TPSA) is 55.5 Å². The lowest BCUT2D eigenvalue weighted by Gasteiger charge is -2.08. The molecular formula is C10H14INO2. The van der Waals surface area contributed by atoms with E-state index in [4.69, 9.17) is 10.5 Å². The number of aromatic hydroxyl groups is 1. The number of nitrogens with two attached hydrogens (primary N) is 1. The standard InChI is InChI=1S/C10H14INO2/c1-14-9-6-7(3-2-4-12)5-8(11)10(9)13/h5-6,13H,2-4,12H2,1H3. The molecule has 0 aliphatic rings. The molecule has 0 bridgehead atoms. The summed E-state index contributed by atoms with van der Waals surface area (Å²) in [5, 5.41) is 9.59. The number of hydrogen-bond donors (Lipinski definition) is 2. The zero-order valence-corrected chi connectivity index (χ0v) is 10.2. The summed E-state index contributed by atoms with van der Waals surface area (Å²) in [7, 11) is 1.55. The Morgan fingerprint density at radius 2 is 2.21 bits per heavy atom. The van der Waals surface area contributed by atoms with Gasteiger partial charge in [-0.05, 0) is 59.7 Å². The van der Waals surface area contributed by atoms with Crippen LogP contribution in [-0.2, 0) is 6.42 Å². The molecule has 3 N–H and O–H groups in total. The lowest BCUT2D eigenvalue weighted by atomic mass is 10.1. The van der Waals surface area contributed by atoms with Gasteiger partial charge in [0.25, 0.3) is 0 Å². The van der Waals surface area contributed by atoms with Crippen LogP contribution < -0.4 is 10.5 Å². The molecule has 0 aliphatic carbocycles. The van der Waals surface area contributed by atoms with Crippen LogP contribution in [0.4, 0.5) is 0 Å². The molecule has 0 aromatic heterocycles. The van der Waals surface area contributed by atoms with Crippen molar-refractivity contribution in [2.24, 2.45) is 5.73 Å². The highest BCUT2D eigenvalue weighted by Crippen LogP contribution is 2.32. The molecule has 0 aliphatic heterocycles. The minimum atomic E-state index is 0.213. The summed E-state index contributed by atoms with van der Waals surface area (Å²) >= 11 is 2.09. The Hall–Kier alpha value is -0.490.